The van der Waals surface area contributed by atoms with Gasteiger partial charge in [-0.25, -0.2) is 9.48 Å². The average molecular weight is 348 g/mol. The molecule has 3 rings (SSSR count). The molecule has 132 valence electrons. The molecule has 6 nitrogen and oxygen atoms in total. The van der Waals surface area contributed by atoms with Crippen molar-refractivity contribution in [3.63, 3.8) is 0 Å². The van der Waals surface area contributed by atoms with Gasteiger partial charge in [-0.1, -0.05) is 24.3 Å². The molecule has 0 spiro atoms. The van der Waals surface area contributed by atoms with Gasteiger partial charge in [0.15, 0.2) is 0 Å². The lowest BCUT2D eigenvalue weighted by atomic mass is 10.1. The molecule has 0 unspecified atom stereocenters. The standard InChI is InChI=1S/C20H20N4O2/c1-13-5-4-6-17(14(13)2)22-20(26)21-16-9-7-15(8-10-16)18-11-12-19(25)24(3)23-18/h4-12H,1-3H3,(H2,21,22,26). The predicted molar refractivity (Wildman–Crippen MR) is 103 cm³/mol. The maximum absolute atomic E-state index is 12.2. The number of aryl methyl sites for hydroxylation is 2. The van der Waals surface area contributed by atoms with E-state index in [1.54, 1.807) is 25.2 Å². The van der Waals surface area contributed by atoms with E-state index in [0.29, 0.717) is 11.4 Å². The summed E-state index contributed by atoms with van der Waals surface area (Å²) in [4.78, 5) is 23.6. The Labute approximate surface area is 151 Å². The highest BCUT2D eigenvalue weighted by Gasteiger charge is 2.07. The van der Waals surface area contributed by atoms with Crippen LogP contribution < -0.4 is 16.2 Å². The van der Waals surface area contributed by atoms with Gasteiger partial charge in [0.1, 0.15) is 0 Å². The molecule has 1 aromatic heterocycles. The van der Waals surface area contributed by atoms with Crippen LogP contribution in [0.15, 0.2) is 59.4 Å². The number of benzene rings is 2. The van der Waals surface area contributed by atoms with E-state index in [0.717, 1.165) is 22.4 Å². The highest BCUT2D eigenvalue weighted by molar-refractivity contribution is 6.00. The molecular weight excluding hydrogens is 328 g/mol. The Bertz CT molecular complexity index is 1010. The molecule has 3 aromatic rings. The van der Waals surface area contributed by atoms with Crippen LogP contribution >= 0.6 is 0 Å². The lowest BCUT2D eigenvalue weighted by molar-refractivity contribution is 0.262. The third-order valence-electron chi connectivity index (χ3n) is 4.25. The fourth-order valence-corrected chi connectivity index (χ4v) is 2.55. The number of urea groups is 1. The molecule has 0 aliphatic rings. The maximum Gasteiger partial charge on any atom is 0.323 e. The minimum Gasteiger partial charge on any atom is -0.308 e. The third kappa shape index (κ3) is 3.80. The van der Waals surface area contributed by atoms with E-state index in [-0.39, 0.29) is 11.6 Å². The molecule has 1 heterocycles. The summed E-state index contributed by atoms with van der Waals surface area (Å²) in [5.74, 6) is 0. The molecule has 2 N–H and O–H groups in total. The van der Waals surface area contributed by atoms with Crippen LogP contribution in [0.5, 0.6) is 0 Å². The summed E-state index contributed by atoms with van der Waals surface area (Å²) >= 11 is 0. The number of carbonyl (C=O) groups is 1. The highest BCUT2D eigenvalue weighted by atomic mass is 16.2. The van der Waals surface area contributed by atoms with E-state index >= 15 is 0 Å². The first-order chi connectivity index (χ1) is 12.4. The quantitative estimate of drug-likeness (QED) is 0.757. The first-order valence-electron chi connectivity index (χ1n) is 8.23. The van der Waals surface area contributed by atoms with Crippen molar-refractivity contribution in [3.05, 3.63) is 76.1 Å². The molecule has 0 radical (unpaired) electrons. The Morgan fingerprint density at radius 1 is 0.962 bits per heavy atom. The molecular formula is C20H20N4O2. The van der Waals surface area contributed by atoms with Gasteiger partial charge in [0, 0.05) is 30.1 Å². The largest absolute Gasteiger partial charge is 0.323 e. The number of amides is 2. The molecule has 0 saturated heterocycles. The number of anilines is 2. The maximum atomic E-state index is 12.2. The number of nitrogens with one attached hydrogen (secondary N) is 2. The second-order valence-electron chi connectivity index (χ2n) is 6.08. The number of hydrogen-bond acceptors (Lipinski definition) is 3. The number of hydrogen-bond donors (Lipinski definition) is 2. The van der Waals surface area contributed by atoms with Gasteiger partial charge in [0.05, 0.1) is 5.69 Å². The number of aromatic nitrogens is 2. The fraction of sp³-hybridized carbons (Fsp3) is 0.150. The minimum atomic E-state index is -0.299. The topological polar surface area (TPSA) is 76.0 Å². The number of rotatable bonds is 3. The van der Waals surface area contributed by atoms with E-state index in [9.17, 15) is 9.59 Å². The molecule has 2 amide bonds. The zero-order valence-electron chi connectivity index (χ0n) is 14.9. The fourth-order valence-electron chi connectivity index (χ4n) is 2.55. The Morgan fingerprint density at radius 2 is 1.69 bits per heavy atom. The highest BCUT2D eigenvalue weighted by Crippen LogP contribution is 2.20. The van der Waals surface area contributed by atoms with E-state index in [1.165, 1.54) is 10.7 Å². The van der Waals surface area contributed by atoms with Crippen molar-refractivity contribution in [1.29, 1.82) is 0 Å². The van der Waals surface area contributed by atoms with Gasteiger partial charge in [-0.15, -0.1) is 0 Å². The van der Waals surface area contributed by atoms with Gasteiger partial charge in [-0.05, 0) is 49.2 Å². The van der Waals surface area contributed by atoms with Crippen molar-refractivity contribution in [2.45, 2.75) is 13.8 Å². The van der Waals surface area contributed by atoms with Crippen LogP contribution in [0.2, 0.25) is 0 Å². The van der Waals surface area contributed by atoms with Crippen molar-refractivity contribution in [1.82, 2.24) is 9.78 Å². The van der Waals surface area contributed by atoms with Crippen LogP contribution in [0.1, 0.15) is 11.1 Å². The normalized spacial score (nSPS) is 10.4. The zero-order valence-corrected chi connectivity index (χ0v) is 14.9. The van der Waals surface area contributed by atoms with E-state index in [4.69, 9.17) is 0 Å². The Kier molecular flexibility index (Phi) is 4.84. The predicted octanol–water partition coefficient (Wildman–Crippen LogP) is 3.71. The van der Waals surface area contributed by atoms with E-state index in [2.05, 4.69) is 15.7 Å². The van der Waals surface area contributed by atoms with Crippen LogP contribution in [0.25, 0.3) is 11.3 Å². The average Bonchev–Trinajstić information content (AvgIpc) is 2.62. The van der Waals surface area contributed by atoms with Crippen LogP contribution in [0, 0.1) is 13.8 Å². The Balaban J connectivity index is 1.70. The molecule has 0 bridgehead atoms. The molecule has 0 aliphatic heterocycles. The summed E-state index contributed by atoms with van der Waals surface area (Å²) in [7, 11) is 1.61. The molecule has 26 heavy (non-hydrogen) atoms. The van der Waals surface area contributed by atoms with Gasteiger partial charge in [0.25, 0.3) is 5.56 Å². The number of nitrogens with zero attached hydrogens (tertiary/aromatic N) is 2. The van der Waals surface area contributed by atoms with Gasteiger partial charge in [0.2, 0.25) is 0 Å². The van der Waals surface area contributed by atoms with Crippen LogP contribution in [-0.2, 0) is 7.05 Å². The van der Waals surface area contributed by atoms with Gasteiger partial charge < -0.3 is 10.6 Å². The lowest BCUT2D eigenvalue weighted by Gasteiger charge is -2.11. The zero-order chi connectivity index (χ0) is 18.7. The van der Waals surface area contributed by atoms with Crippen LogP contribution in [-0.4, -0.2) is 15.8 Å². The summed E-state index contributed by atoms with van der Waals surface area (Å²) in [5, 5.41) is 9.88. The van der Waals surface area contributed by atoms with Crippen molar-refractivity contribution in [2.75, 3.05) is 10.6 Å². The summed E-state index contributed by atoms with van der Waals surface area (Å²) in [6, 6.07) is 15.9. The Hall–Kier alpha value is -3.41. The smallest absolute Gasteiger partial charge is 0.308 e. The van der Waals surface area contributed by atoms with Crippen molar-refractivity contribution < 1.29 is 4.79 Å². The summed E-state index contributed by atoms with van der Waals surface area (Å²) in [6.07, 6.45) is 0. The lowest BCUT2D eigenvalue weighted by Crippen LogP contribution is -2.20. The van der Waals surface area contributed by atoms with Gasteiger partial charge >= 0.3 is 6.03 Å². The molecule has 0 atom stereocenters. The third-order valence-corrected chi connectivity index (χ3v) is 4.25. The van der Waals surface area contributed by atoms with Crippen LogP contribution in [0.4, 0.5) is 16.2 Å². The SMILES string of the molecule is Cc1cccc(NC(=O)Nc2ccc(-c3ccc(=O)n(C)n3)cc2)c1C. The molecule has 2 aromatic carbocycles. The van der Waals surface area contributed by atoms with Crippen molar-refractivity contribution in [3.8, 4) is 11.3 Å². The molecule has 0 fully saturated rings. The first-order valence-corrected chi connectivity index (χ1v) is 8.23. The van der Waals surface area contributed by atoms with E-state index in [1.807, 2.05) is 44.2 Å². The number of carbonyl (C=O) groups excluding carboxylic acids is 1. The van der Waals surface area contributed by atoms with E-state index < -0.39 is 0 Å². The second kappa shape index (κ2) is 7.23. The molecule has 0 saturated carbocycles. The van der Waals surface area contributed by atoms with Crippen LogP contribution in [0.3, 0.4) is 0 Å². The Morgan fingerprint density at radius 3 is 2.38 bits per heavy atom. The van der Waals surface area contributed by atoms with Crippen molar-refractivity contribution >= 4 is 17.4 Å². The summed E-state index contributed by atoms with van der Waals surface area (Å²) in [6.45, 7) is 3.98. The molecule has 6 heteroatoms. The second-order valence-corrected chi connectivity index (χ2v) is 6.08. The van der Waals surface area contributed by atoms with Crippen molar-refractivity contribution in [2.24, 2.45) is 7.05 Å². The van der Waals surface area contributed by atoms with Gasteiger partial charge in [-0.3, -0.25) is 4.79 Å². The molecule has 0 aliphatic carbocycles. The minimum absolute atomic E-state index is 0.157. The monoisotopic (exact) mass is 348 g/mol. The first kappa shape index (κ1) is 17.4. The summed E-state index contributed by atoms with van der Waals surface area (Å²) in [5.41, 5.74) is 5.01. The summed E-state index contributed by atoms with van der Waals surface area (Å²) < 4.78 is 1.29. The van der Waals surface area contributed by atoms with Gasteiger partial charge in [-0.2, -0.15) is 5.10 Å².